The minimum absolute atomic E-state index is 0.0778. The van der Waals surface area contributed by atoms with Crippen LogP contribution < -0.4 is 5.32 Å². The number of hydrogen-bond acceptors (Lipinski definition) is 4. The minimum Gasteiger partial charge on any atom is -0.478 e. The van der Waals surface area contributed by atoms with Crippen LogP contribution in [0.5, 0.6) is 0 Å². The number of nitrogens with one attached hydrogen (secondary N) is 1. The molecule has 0 aliphatic carbocycles. The number of thiophene rings is 1. The molecule has 1 amide bonds. The van der Waals surface area contributed by atoms with Crippen molar-refractivity contribution < 1.29 is 14.7 Å². The fourth-order valence-corrected chi connectivity index (χ4v) is 3.27. The highest BCUT2D eigenvalue weighted by molar-refractivity contribution is 7.12. The van der Waals surface area contributed by atoms with Gasteiger partial charge in [-0.05, 0) is 55.9 Å². The first-order valence-electron chi connectivity index (χ1n) is 7.08. The van der Waals surface area contributed by atoms with Gasteiger partial charge in [-0.1, -0.05) is 0 Å². The number of likely N-dealkylation sites (tertiary alicyclic amines) is 1. The van der Waals surface area contributed by atoms with Gasteiger partial charge in [0, 0.05) is 18.7 Å². The van der Waals surface area contributed by atoms with Crippen molar-refractivity contribution >= 4 is 29.3 Å². The summed E-state index contributed by atoms with van der Waals surface area (Å²) in [7, 11) is 0. The summed E-state index contributed by atoms with van der Waals surface area (Å²) in [6, 6.07) is 1.83. The summed E-state index contributed by atoms with van der Waals surface area (Å²) < 4.78 is 0. The summed E-state index contributed by atoms with van der Waals surface area (Å²) in [6.45, 7) is 5.06. The van der Waals surface area contributed by atoms with Crippen molar-refractivity contribution in [2.45, 2.75) is 25.8 Å². The lowest BCUT2D eigenvalue weighted by Crippen LogP contribution is -2.41. The lowest BCUT2D eigenvalue weighted by Gasteiger charge is -2.21. The summed E-state index contributed by atoms with van der Waals surface area (Å²) >= 11 is 1.32. The van der Waals surface area contributed by atoms with Gasteiger partial charge in [0.15, 0.2) is 0 Å². The molecule has 0 aromatic carbocycles. The number of carbonyl (C=O) groups excluding carboxylic acids is 1. The van der Waals surface area contributed by atoms with Crippen LogP contribution in [0.1, 0.15) is 35.0 Å². The van der Waals surface area contributed by atoms with Crippen LogP contribution >= 0.6 is 11.3 Å². The molecule has 2 heterocycles. The molecule has 0 radical (unpaired) electrons. The van der Waals surface area contributed by atoms with E-state index in [1.807, 2.05) is 6.92 Å². The highest BCUT2D eigenvalue weighted by Crippen LogP contribution is 2.18. The van der Waals surface area contributed by atoms with E-state index in [4.69, 9.17) is 5.11 Å². The van der Waals surface area contributed by atoms with Gasteiger partial charge >= 0.3 is 5.97 Å². The van der Waals surface area contributed by atoms with Crippen molar-refractivity contribution in [3.8, 4) is 0 Å². The van der Waals surface area contributed by atoms with Crippen molar-refractivity contribution in [1.82, 2.24) is 10.2 Å². The van der Waals surface area contributed by atoms with Crippen molar-refractivity contribution in [2.24, 2.45) is 0 Å². The molecule has 6 heteroatoms. The van der Waals surface area contributed by atoms with Gasteiger partial charge in [0.1, 0.15) is 0 Å². The van der Waals surface area contributed by atoms with Gasteiger partial charge in [-0.3, -0.25) is 4.79 Å². The number of aliphatic carboxylic acids is 1. The molecule has 2 N–H and O–H groups in total. The molecule has 1 aliphatic heterocycles. The molecule has 0 saturated carbocycles. The third-order valence-corrected chi connectivity index (χ3v) is 4.34. The van der Waals surface area contributed by atoms with Crippen LogP contribution in [0.4, 0.5) is 0 Å². The van der Waals surface area contributed by atoms with E-state index >= 15 is 0 Å². The van der Waals surface area contributed by atoms with Crippen molar-refractivity contribution in [3.63, 3.8) is 0 Å². The number of nitrogens with zero attached hydrogens (tertiary/aromatic N) is 1. The van der Waals surface area contributed by atoms with Gasteiger partial charge in [0.25, 0.3) is 5.91 Å². The number of amides is 1. The maximum Gasteiger partial charge on any atom is 0.328 e. The smallest absolute Gasteiger partial charge is 0.328 e. The molecular weight excluding hydrogens is 288 g/mol. The van der Waals surface area contributed by atoms with Crippen molar-refractivity contribution in [3.05, 3.63) is 28.0 Å². The zero-order chi connectivity index (χ0) is 15.2. The van der Waals surface area contributed by atoms with E-state index in [1.54, 1.807) is 11.4 Å². The van der Waals surface area contributed by atoms with Gasteiger partial charge in [-0.15, -0.1) is 11.3 Å². The largest absolute Gasteiger partial charge is 0.478 e. The van der Waals surface area contributed by atoms with Crippen molar-refractivity contribution in [1.29, 1.82) is 0 Å². The summed E-state index contributed by atoms with van der Waals surface area (Å²) in [5.74, 6) is -1.16. The fraction of sp³-hybridized carbons (Fsp3) is 0.467. The molecule has 2 rings (SSSR count). The molecule has 1 unspecified atom stereocenters. The van der Waals surface area contributed by atoms with Crippen LogP contribution in [0, 0.1) is 0 Å². The highest BCUT2D eigenvalue weighted by atomic mass is 32.1. The van der Waals surface area contributed by atoms with Gasteiger partial charge in [-0.25, -0.2) is 4.79 Å². The Balaban J connectivity index is 1.93. The Morgan fingerprint density at radius 1 is 1.48 bits per heavy atom. The topological polar surface area (TPSA) is 69.6 Å². The molecule has 0 spiro atoms. The first kappa shape index (κ1) is 15.7. The standard InChI is InChI=1S/C15H20N2O3S/c1-11(10-17-7-2-3-8-17)16-15(20)14-12(6-9-21-14)4-5-13(18)19/h4-6,9,11H,2-3,7-8,10H2,1H3,(H,16,20)(H,18,19). The summed E-state index contributed by atoms with van der Waals surface area (Å²) in [5, 5.41) is 13.4. The van der Waals surface area contributed by atoms with Crippen LogP contribution in [-0.4, -0.2) is 47.6 Å². The van der Waals surface area contributed by atoms with Crippen LogP contribution in [0.2, 0.25) is 0 Å². The molecule has 1 fully saturated rings. The van der Waals surface area contributed by atoms with E-state index in [1.165, 1.54) is 30.3 Å². The maximum atomic E-state index is 12.3. The van der Waals surface area contributed by atoms with E-state index in [0.717, 1.165) is 25.7 Å². The molecule has 1 aliphatic rings. The average Bonchev–Trinajstić information content (AvgIpc) is 3.06. The maximum absolute atomic E-state index is 12.3. The number of carboxylic acids is 1. The Kier molecular flexibility index (Phi) is 5.52. The highest BCUT2D eigenvalue weighted by Gasteiger charge is 2.18. The Hall–Kier alpha value is -1.66. The minimum atomic E-state index is -1.02. The first-order chi connectivity index (χ1) is 10.1. The van der Waals surface area contributed by atoms with E-state index in [2.05, 4.69) is 10.2 Å². The third kappa shape index (κ3) is 4.68. The second-order valence-electron chi connectivity index (χ2n) is 5.26. The zero-order valence-electron chi connectivity index (χ0n) is 12.0. The normalized spacial score (nSPS) is 17.2. The summed E-state index contributed by atoms with van der Waals surface area (Å²) in [5.41, 5.74) is 0.647. The molecule has 0 bridgehead atoms. The Morgan fingerprint density at radius 3 is 2.86 bits per heavy atom. The number of rotatable bonds is 6. The molecule has 21 heavy (non-hydrogen) atoms. The van der Waals surface area contributed by atoms with Crippen LogP contribution in [0.25, 0.3) is 6.08 Å². The molecular formula is C15H20N2O3S. The average molecular weight is 308 g/mol. The number of carbonyl (C=O) groups is 2. The SMILES string of the molecule is CC(CN1CCCC1)NC(=O)c1sccc1C=CC(=O)O. The Bertz CT molecular complexity index is 533. The lowest BCUT2D eigenvalue weighted by molar-refractivity contribution is -0.131. The number of carboxylic acid groups (broad SMARTS) is 1. The predicted molar refractivity (Wildman–Crippen MR) is 83.6 cm³/mol. The molecule has 1 saturated heterocycles. The van der Waals surface area contributed by atoms with E-state index in [9.17, 15) is 9.59 Å². The van der Waals surface area contributed by atoms with Gasteiger partial charge in [0.05, 0.1) is 4.88 Å². The first-order valence-corrected chi connectivity index (χ1v) is 7.96. The Morgan fingerprint density at radius 2 is 2.19 bits per heavy atom. The van der Waals surface area contributed by atoms with Crippen LogP contribution in [-0.2, 0) is 4.79 Å². The second-order valence-corrected chi connectivity index (χ2v) is 6.17. The van der Waals surface area contributed by atoms with E-state index in [-0.39, 0.29) is 11.9 Å². The van der Waals surface area contributed by atoms with Gasteiger partial charge in [0.2, 0.25) is 0 Å². The second kappa shape index (κ2) is 7.38. The summed E-state index contributed by atoms with van der Waals surface area (Å²) in [6.07, 6.45) is 4.97. The Labute approximate surface area is 128 Å². The summed E-state index contributed by atoms with van der Waals surface area (Å²) in [4.78, 5) is 25.7. The fourth-order valence-electron chi connectivity index (χ4n) is 2.48. The predicted octanol–water partition coefficient (Wildman–Crippen LogP) is 2.06. The molecule has 1 aromatic rings. The molecule has 114 valence electrons. The van der Waals surface area contributed by atoms with E-state index < -0.39 is 5.97 Å². The van der Waals surface area contributed by atoms with Crippen LogP contribution in [0.15, 0.2) is 17.5 Å². The quantitative estimate of drug-likeness (QED) is 0.789. The lowest BCUT2D eigenvalue weighted by atomic mass is 10.2. The molecule has 1 atom stereocenters. The number of hydrogen-bond donors (Lipinski definition) is 2. The van der Waals surface area contributed by atoms with Crippen molar-refractivity contribution in [2.75, 3.05) is 19.6 Å². The molecule has 5 nitrogen and oxygen atoms in total. The van der Waals surface area contributed by atoms with Gasteiger partial charge in [-0.2, -0.15) is 0 Å². The molecule has 1 aromatic heterocycles. The third-order valence-electron chi connectivity index (χ3n) is 3.42. The van der Waals surface area contributed by atoms with Gasteiger partial charge < -0.3 is 15.3 Å². The monoisotopic (exact) mass is 308 g/mol. The van der Waals surface area contributed by atoms with Crippen LogP contribution in [0.3, 0.4) is 0 Å². The van der Waals surface area contributed by atoms with E-state index in [0.29, 0.717) is 10.4 Å². The zero-order valence-corrected chi connectivity index (χ0v) is 12.9.